The van der Waals surface area contributed by atoms with Crippen molar-refractivity contribution in [1.29, 1.82) is 0 Å². The normalized spacial score (nSPS) is 10.8. The van der Waals surface area contributed by atoms with Crippen molar-refractivity contribution in [2.75, 3.05) is 5.73 Å². The number of fused-ring (bicyclic) bond motifs is 1. The van der Waals surface area contributed by atoms with E-state index in [2.05, 4.69) is 25.9 Å². The molecule has 21 heavy (non-hydrogen) atoms. The number of ether oxygens (including phenoxy) is 1. The molecule has 0 aliphatic heterocycles. The molecule has 0 fully saturated rings. The molecular formula is C14H8BrF2N3O. The van der Waals surface area contributed by atoms with E-state index in [-0.39, 0.29) is 17.6 Å². The highest BCUT2D eigenvalue weighted by Crippen LogP contribution is 2.32. The molecule has 7 heteroatoms. The van der Waals surface area contributed by atoms with Crippen LogP contribution in [0.4, 0.5) is 14.7 Å². The average molecular weight is 352 g/mol. The zero-order valence-electron chi connectivity index (χ0n) is 10.5. The molecule has 106 valence electrons. The molecule has 0 atom stereocenters. The minimum absolute atomic E-state index is 0.0143. The van der Waals surface area contributed by atoms with Gasteiger partial charge >= 0.3 is 0 Å². The van der Waals surface area contributed by atoms with Crippen molar-refractivity contribution in [3.63, 3.8) is 0 Å². The lowest BCUT2D eigenvalue weighted by molar-refractivity contribution is 0.408. The molecule has 2 aromatic carbocycles. The number of hydrogen-bond acceptors (Lipinski definition) is 4. The summed E-state index contributed by atoms with van der Waals surface area (Å²) in [4.78, 5) is 7.98. The molecule has 4 nitrogen and oxygen atoms in total. The van der Waals surface area contributed by atoms with E-state index in [1.165, 1.54) is 6.07 Å². The second-order valence-corrected chi connectivity index (χ2v) is 5.12. The van der Waals surface area contributed by atoms with Crippen LogP contribution in [0.25, 0.3) is 10.9 Å². The number of aromatic nitrogens is 2. The van der Waals surface area contributed by atoms with Crippen LogP contribution < -0.4 is 10.5 Å². The number of nitrogens with two attached hydrogens (primary N) is 1. The fraction of sp³-hybridized carbons (Fsp3) is 0. The fourth-order valence-corrected chi connectivity index (χ4v) is 2.26. The summed E-state index contributed by atoms with van der Waals surface area (Å²) in [5.41, 5.74) is 6.15. The van der Waals surface area contributed by atoms with E-state index < -0.39 is 11.6 Å². The Morgan fingerprint density at radius 3 is 2.67 bits per heavy atom. The Morgan fingerprint density at radius 1 is 1.10 bits per heavy atom. The number of para-hydroxylation sites is 1. The molecule has 0 saturated carbocycles. The zero-order chi connectivity index (χ0) is 15.0. The van der Waals surface area contributed by atoms with Gasteiger partial charge in [0.05, 0.1) is 10.9 Å². The highest BCUT2D eigenvalue weighted by atomic mass is 79.9. The summed E-state index contributed by atoms with van der Waals surface area (Å²) >= 11 is 3.08. The summed E-state index contributed by atoms with van der Waals surface area (Å²) in [5.74, 6) is -2.36. The quantitative estimate of drug-likeness (QED) is 0.707. The van der Waals surface area contributed by atoms with Crippen LogP contribution in [0, 0.1) is 11.6 Å². The SMILES string of the molecule is Nc1nc(Oc2cc(Br)cc(F)c2F)c2ccccc2n1. The van der Waals surface area contributed by atoms with E-state index >= 15 is 0 Å². The van der Waals surface area contributed by atoms with Gasteiger partial charge in [0, 0.05) is 4.47 Å². The molecule has 0 aliphatic rings. The van der Waals surface area contributed by atoms with Gasteiger partial charge in [0.2, 0.25) is 17.6 Å². The maximum atomic E-state index is 13.8. The Balaban J connectivity index is 2.14. The Morgan fingerprint density at radius 2 is 1.86 bits per heavy atom. The lowest BCUT2D eigenvalue weighted by atomic mass is 10.2. The molecule has 3 aromatic rings. The molecule has 0 aliphatic carbocycles. The molecule has 1 heterocycles. The first-order valence-electron chi connectivity index (χ1n) is 5.89. The number of nitrogens with zero attached hydrogens (tertiary/aromatic N) is 2. The Kier molecular flexibility index (Phi) is 3.42. The molecule has 3 rings (SSSR count). The van der Waals surface area contributed by atoms with Gasteiger partial charge in [-0.05, 0) is 24.3 Å². The maximum absolute atomic E-state index is 13.8. The van der Waals surface area contributed by atoms with Crippen LogP contribution >= 0.6 is 15.9 Å². The third-order valence-electron chi connectivity index (χ3n) is 2.75. The van der Waals surface area contributed by atoms with Crippen LogP contribution in [-0.2, 0) is 0 Å². The topological polar surface area (TPSA) is 61.0 Å². The van der Waals surface area contributed by atoms with Crippen molar-refractivity contribution in [2.45, 2.75) is 0 Å². The number of rotatable bonds is 2. The summed E-state index contributed by atoms with van der Waals surface area (Å²) in [6.45, 7) is 0. The second-order valence-electron chi connectivity index (χ2n) is 4.21. The molecule has 0 bridgehead atoms. The fourth-order valence-electron chi connectivity index (χ4n) is 1.85. The van der Waals surface area contributed by atoms with Crippen LogP contribution in [-0.4, -0.2) is 9.97 Å². The molecule has 2 N–H and O–H groups in total. The van der Waals surface area contributed by atoms with Crippen molar-refractivity contribution in [3.05, 3.63) is 52.5 Å². The summed E-state index contributed by atoms with van der Waals surface area (Å²) in [6, 6.07) is 9.28. The van der Waals surface area contributed by atoms with Crippen molar-refractivity contribution in [3.8, 4) is 11.6 Å². The van der Waals surface area contributed by atoms with Crippen LogP contribution in [0.5, 0.6) is 11.6 Å². The minimum Gasteiger partial charge on any atom is -0.435 e. The number of anilines is 1. The summed E-state index contributed by atoms with van der Waals surface area (Å²) < 4.78 is 32.9. The Bertz CT molecular complexity index is 842. The first kappa shape index (κ1) is 13.7. The predicted molar refractivity (Wildman–Crippen MR) is 78.1 cm³/mol. The molecule has 0 spiro atoms. The first-order valence-corrected chi connectivity index (χ1v) is 6.68. The molecule has 0 amide bonds. The molecule has 0 radical (unpaired) electrons. The molecule has 0 saturated heterocycles. The van der Waals surface area contributed by atoms with E-state index in [1.807, 2.05) is 0 Å². The van der Waals surface area contributed by atoms with Gasteiger partial charge in [-0.3, -0.25) is 0 Å². The van der Waals surface area contributed by atoms with Crippen molar-refractivity contribution in [2.24, 2.45) is 0 Å². The summed E-state index contributed by atoms with van der Waals surface area (Å²) in [6.07, 6.45) is 0. The number of benzene rings is 2. The summed E-state index contributed by atoms with van der Waals surface area (Å²) in [7, 11) is 0. The highest BCUT2D eigenvalue weighted by molar-refractivity contribution is 9.10. The second kappa shape index (κ2) is 5.25. The van der Waals surface area contributed by atoms with E-state index in [9.17, 15) is 8.78 Å². The van der Waals surface area contributed by atoms with Gasteiger partial charge in [0.1, 0.15) is 0 Å². The maximum Gasteiger partial charge on any atom is 0.232 e. The third kappa shape index (κ3) is 2.64. The number of hydrogen-bond donors (Lipinski definition) is 1. The van der Waals surface area contributed by atoms with Crippen LogP contribution in [0.15, 0.2) is 40.9 Å². The van der Waals surface area contributed by atoms with Gasteiger partial charge in [-0.25, -0.2) is 9.37 Å². The third-order valence-corrected chi connectivity index (χ3v) is 3.21. The largest absolute Gasteiger partial charge is 0.435 e. The summed E-state index contributed by atoms with van der Waals surface area (Å²) in [5, 5.41) is 0.548. The van der Waals surface area contributed by atoms with Crippen LogP contribution in [0.1, 0.15) is 0 Å². The smallest absolute Gasteiger partial charge is 0.232 e. The van der Waals surface area contributed by atoms with Gasteiger partial charge < -0.3 is 10.5 Å². The van der Waals surface area contributed by atoms with Gasteiger partial charge in [-0.15, -0.1) is 0 Å². The number of nitrogen functional groups attached to an aromatic ring is 1. The van der Waals surface area contributed by atoms with E-state index in [4.69, 9.17) is 10.5 Å². The zero-order valence-corrected chi connectivity index (χ0v) is 12.1. The van der Waals surface area contributed by atoms with Gasteiger partial charge in [0.25, 0.3) is 0 Å². The first-order chi connectivity index (χ1) is 10.0. The van der Waals surface area contributed by atoms with Crippen LogP contribution in [0.3, 0.4) is 0 Å². The number of halogens is 3. The van der Waals surface area contributed by atoms with Gasteiger partial charge in [-0.2, -0.15) is 9.37 Å². The highest BCUT2D eigenvalue weighted by Gasteiger charge is 2.15. The van der Waals surface area contributed by atoms with Crippen LogP contribution in [0.2, 0.25) is 0 Å². The minimum atomic E-state index is -1.10. The van der Waals surface area contributed by atoms with Crippen molar-refractivity contribution >= 4 is 32.8 Å². The molecule has 1 aromatic heterocycles. The monoisotopic (exact) mass is 351 g/mol. The average Bonchev–Trinajstić information content (AvgIpc) is 2.44. The van der Waals surface area contributed by atoms with Gasteiger partial charge in [0.15, 0.2) is 11.6 Å². The Hall–Kier alpha value is -2.28. The molecule has 0 unspecified atom stereocenters. The van der Waals surface area contributed by atoms with Gasteiger partial charge in [-0.1, -0.05) is 28.1 Å². The molecular weight excluding hydrogens is 344 g/mol. The van der Waals surface area contributed by atoms with E-state index in [1.54, 1.807) is 24.3 Å². The lowest BCUT2D eigenvalue weighted by Crippen LogP contribution is -2.00. The van der Waals surface area contributed by atoms with Crippen molar-refractivity contribution in [1.82, 2.24) is 9.97 Å². The van der Waals surface area contributed by atoms with Crippen molar-refractivity contribution < 1.29 is 13.5 Å². The predicted octanol–water partition coefficient (Wildman–Crippen LogP) is 4.05. The standard InChI is InChI=1S/C14H8BrF2N3O/c15-7-5-9(16)12(17)11(6-7)21-13-8-3-1-2-4-10(8)19-14(18)20-13/h1-6H,(H2,18,19,20). The lowest BCUT2D eigenvalue weighted by Gasteiger charge is -2.10. The Labute approximate surface area is 126 Å². The van der Waals surface area contributed by atoms with E-state index in [0.29, 0.717) is 15.4 Å². The van der Waals surface area contributed by atoms with E-state index in [0.717, 1.165) is 6.07 Å².